The van der Waals surface area contributed by atoms with Gasteiger partial charge in [-0.15, -0.1) is 0 Å². The molecule has 0 aliphatic heterocycles. The van der Waals surface area contributed by atoms with Crippen LogP contribution in [0.2, 0.25) is 0 Å². The van der Waals surface area contributed by atoms with Crippen molar-refractivity contribution in [2.24, 2.45) is 5.41 Å². The Morgan fingerprint density at radius 2 is 1.60 bits per heavy atom. The lowest BCUT2D eigenvalue weighted by Crippen LogP contribution is -2.53. The number of hydrogen-bond acceptors (Lipinski definition) is 1. The van der Waals surface area contributed by atoms with E-state index in [0.29, 0.717) is 11.5 Å². The molecular formula is C14H29N. The van der Waals surface area contributed by atoms with Gasteiger partial charge in [-0.3, -0.25) is 4.90 Å². The third-order valence-electron chi connectivity index (χ3n) is 3.82. The first kappa shape index (κ1) is 14.7. The van der Waals surface area contributed by atoms with Gasteiger partial charge >= 0.3 is 0 Å². The van der Waals surface area contributed by atoms with Gasteiger partial charge in [0.1, 0.15) is 0 Å². The van der Waals surface area contributed by atoms with Crippen LogP contribution < -0.4 is 0 Å². The number of hydrogen-bond donors (Lipinski definition) is 0. The van der Waals surface area contributed by atoms with E-state index < -0.39 is 0 Å². The van der Waals surface area contributed by atoms with Crippen molar-refractivity contribution in [3.63, 3.8) is 0 Å². The summed E-state index contributed by atoms with van der Waals surface area (Å²) in [5.74, 6) is 0. The molecule has 0 N–H and O–H groups in total. The van der Waals surface area contributed by atoms with Crippen molar-refractivity contribution in [1.29, 1.82) is 0 Å². The predicted molar refractivity (Wildman–Crippen MR) is 70.2 cm³/mol. The van der Waals surface area contributed by atoms with Crippen LogP contribution in [0.1, 0.15) is 55.4 Å². The summed E-state index contributed by atoms with van der Waals surface area (Å²) in [5.41, 5.74) is 1.63. The average Bonchev–Trinajstić information content (AvgIpc) is 2.02. The Bertz CT molecular complexity index is 220. The number of likely N-dealkylation sites (N-methyl/N-ethyl adjacent to an activating group) is 1. The van der Waals surface area contributed by atoms with Gasteiger partial charge in [-0.1, -0.05) is 39.8 Å². The molecule has 1 unspecified atom stereocenters. The van der Waals surface area contributed by atoms with Crippen LogP contribution in [0.4, 0.5) is 0 Å². The summed E-state index contributed by atoms with van der Waals surface area (Å²) in [6.07, 6.45) is 0. The lowest BCUT2D eigenvalue weighted by atomic mass is 9.82. The summed E-state index contributed by atoms with van der Waals surface area (Å²) in [7, 11) is 0. The van der Waals surface area contributed by atoms with E-state index in [0.717, 1.165) is 6.54 Å². The molecule has 0 saturated carbocycles. The third-order valence-corrected chi connectivity index (χ3v) is 3.82. The Labute approximate surface area is 96.6 Å². The number of rotatable bonds is 4. The second-order valence-electron chi connectivity index (χ2n) is 6.17. The fraction of sp³-hybridized carbons (Fsp3) is 0.857. The maximum absolute atomic E-state index is 4.12. The minimum Gasteiger partial charge on any atom is -0.292 e. The maximum Gasteiger partial charge on any atom is 0.0361 e. The highest BCUT2D eigenvalue weighted by Gasteiger charge is 2.35. The first-order chi connectivity index (χ1) is 6.55. The first-order valence-corrected chi connectivity index (χ1v) is 5.97. The maximum atomic E-state index is 4.12. The molecule has 90 valence electrons. The van der Waals surface area contributed by atoms with Gasteiger partial charge in [0.05, 0.1) is 0 Å². The predicted octanol–water partition coefficient (Wildman–Crippen LogP) is 4.10. The highest BCUT2D eigenvalue weighted by Crippen LogP contribution is 2.32. The molecule has 0 heterocycles. The molecule has 0 fully saturated rings. The van der Waals surface area contributed by atoms with Crippen molar-refractivity contribution in [1.82, 2.24) is 4.90 Å². The Morgan fingerprint density at radius 3 is 1.80 bits per heavy atom. The normalized spacial score (nSPS) is 15.5. The van der Waals surface area contributed by atoms with Crippen LogP contribution in [0.25, 0.3) is 0 Å². The quantitative estimate of drug-likeness (QED) is 0.633. The van der Waals surface area contributed by atoms with Crippen LogP contribution in [-0.2, 0) is 0 Å². The molecule has 0 aliphatic rings. The first-order valence-electron chi connectivity index (χ1n) is 5.97. The third kappa shape index (κ3) is 3.34. The van der Waals surface area contributed by atoms with Crippen molar-refractivity contribution in [3.05, 3.63) is 12.2 Å². The molecule has 0 amide bonds. The molecule has 0 aromatic rings. The Morgan fingerprint density at radius 1 is 1.20 bits per heavy atom. The monoisotopic (exact) mass is 211 g/mol. The molecule has 1 atom stereocenters. The van der Waals surface area contributed by atoms with E-state index in [1.807, 2.05) is 0 Å². The molecule has 0 radical (unpaired) electrons. The fourth-order valence-corrected chi connectivity index (χ4v) is 1.87. The van der Waals surface area contributed by atoms with E-state index in [2.05, 4.69) is 66.9 Å². The molecule has 0 saturated heterocycles. The standard InChI is InChI=1S/C14H29N/c1-10-15(12(4)13(5,6)7)14(8,9)11(2)3/h12H,2,10H2,1,3-9H3. The van der Waals surface area contributed by atoms with Gasteiger partial charge < -0.3 is 0 Å². The van der Waals surface area contributed by atoms with E-state index in [1.54, 1.807) is 0 Å². The molecule has 0 spiro atoms. The highest BCUT2D eigenvalue weighted by molar-refractivity contribution is 5.11. The summed E-state index contributed by atoms with van der Waals surface area (Å²) < 4.78 is 0. The Balaban J connectivity index is 5.00. The van der Waals surface area contributed by atoms with Gasteiger partial charge in [0.2, 0.25) is 0 Å². The smallest absolute Gasteiger partial charge is 0.0361 e. The minimum absolute atomic E-state index is 0.0848. The molecule has 0 aromatic heterocycles. The van der Waals surface area contributed by atoms with Gasteiger partial charge in [-0.25, -0.2) is 0 Å². The van der Waals surface area contributed by atoms with Crippen LogP contribution >= 0.6 is 0 Å². The highest BCUT2D eigenvalue weighted by atomic mass is 15.2. The lowest BCUT2D eigenvalue weighted by molar-refractivity contribution is 0.0473. The van der Waals surface area contributed by atoms with E-state index in [4.69, 9.17) is 0 Å². The average molecular weight is 211 g/mol. The molecule has 0 aliphatic carbocycles. The second-order valence-corrected chi connectivity index (χ2v) is 6.17. The van der Waals surface area contributed by atoms with Crippen LogP contribution in [0, 0.1) is 5.41 Å². The van der Waals surface area contributed by atoms with E-state index in [1.165, 1.54) is 5.57 Å². The van der Waals surface area contributed by atoms with Gasteiger partial charge in [-0.2, -0.15) is 0 Å². The SMILES string of the molecule is C=C(C)C(C)(C)N(CC)C(C)C(C)(C)C. The largest absolute Gasteiger partial charge is 0.292 e. The summed E-state index contributed by atoms with van der Waals surface area (Å²) in [6.45, 7) is 23.3. The van der Waals surface area contributed by atoms with Gasteiger partial charge in [0.15, 0.2) is 0 Å². The van der Waals surface area contributed by atoms with Crippen LogP contribution in [0.15, 0.2) is 12.2 Å². The minimum atomic E-state index is 0.0848. The van der Waals surface area contributed by atoms with Crippen molar-refractivity contribution in [2.75, 3.05) is 6.54 Å². The molecule has 1 nitrogen and oxygen atoms in total. The number of nitrogens with zero attached hydrogens (tertiary/aromatic N) is 1. The Hall–Kier alpha value is -0.300. The van der Waals surface area contributed by atoms with Crippen LogP contribution in [-0.4, -0.2) is 23.0 Å². The van der Waals surface area contributed by atoms with Gasteiger partial charge in [0, 0.05) is 11.6 Å². The molecule has 15 heavy (non-hydrogen) atoms. The van der Waals surface area contributed by atoms with E-state index >= 15 is 0 Å². The van der Waals surface area contributed by atoms with Crippen LogP contribution in [0.3, 0.4) is 0 Å². The molecule has 1 heteroatoms. The summed E-state index contributed by atoms with van der Waals surface area (Å²) >= 11 is 0. The van der Waals surface area contributed by atoms with Crippen molar-refractivity contribution >= 4 is 0 Å². The summed E-state index contributed by atoms with van der Waals surface area (Å²) in [4.78, 5) is 2.54. The zero-order chi connectivity index (χ0) is 12.4. The van der Waals surface area contributed by atoms with Crippen LogP contribution in [0.5, 0.6) is 0 Å². The van der Waals surface area contributed by atoms with Gasteiger partial charge in [-0.05, 0) is 39.7 Å². The molecule has 0 rings (SSSR count). The van der Waals surface area contributed by atoms with Gasteiger partial charge in [0.25, 0.3) is 0 Å². The van der Waals surface area contributed by atoms with E-state index in [-0.39, 0.29) is 5.54 Å². The Kier molecular flexibility index (Phi) is 4.60. The van der Waals surface area contributed by atoms with Crippen molar-refractivity contribution in [2.45, 2.75) is 67.0 Å². The van der Waals surface area contributed by atoms with E-state index in [9.17, 15) is 0 Å². The summed E-state index contributed by atoms with van der Waals surface area (Å²) in [6, 6.07) is 0.550. The topological polar surface area (TPSA) is 3.24 Å². The fourth-order valence-electron chi connectivity index (χ4n) is 1.87. The van der Waals surface area contributed by atoms with Crippen molar-refractivity contribution < 1.29 is 0 Å². The molecule has 0 aromatic carbocycles. The zero-order valence-electron chi connectivity index (χ0n) is 11.9. The molecule has 0 bridgehead atoms. The lowest BCUT2D eigenvalue weighted by Gasteiger charge is -2.47. The zero-order valence-corrected chi connectivity index (χ0v) is 11.9. The second kappa shape index (κ2) is 4.69. The summed E-state index contributed by atoms with van der Waals surface area (Å²) in [5, 5.41) is 0. The molecular weight excluding hydrogens is 182 g/mol. The van der Waals surface area contributed by atoms with Crippen molar-refractivity contribution in [3.8, 4) is 0 Å².